The molecule has 4 rings (SSSR count). The Morgan fingerprint density at radius 2 is 2.00 bits per heavy atom. The van der Waals surface area contributed by atoms with Gasteiger partial charge in [-0.15, -0.1) is 0 Å². The first-order valence-corrected chi connectivity index (χ1v) is 8.37. The summed E-state index contributed by atoms with van der Waals surface area (Å²) in [7, 11) is 1.66. The predicted octanol–water partition coefficient (Wildman–Crippen LogP) is 4.35. The second-order valence-electron chi connectivity index (χ2n) is 5.61. The Kier molecular flexibility index (Phi) is 3.65. The van der Waals surface area contributed by atoms with Gasteiger partial charge in [0.1, 0.15) is 17.9 Å². The summed E-state index contributed by atoms with van der Waals surface area (Å²) in [5.74, 6) is 1.77. The van der Waals surface area contributed by atoms with Crippen LogP contribution in [0.5, 0.6) is 5.75 Å². The summed E-state index contributed by atoms with van der Waals surface area (Å²) >= 11 is 3.56. The van der Waals surface area contributed by atoms with E-state index < -0.39 is 0 Å². The summed E-state index contributed by atoms with van der Waals surface area (Å²) in [6.45, 7) is 1.01. The molecule has 5 heteroatoms. The molecule has 0 N–H and O–H groups in total. The molecule has 4 nitrogen and oxygen atoms in total. The van der Waals surface area contributed by atoms with E-state index in [2.05, 4.69) is 61.1 Å². The van der Waals surface area contributed by atoms with E-state index in [1.165, 1.54) is 5.56 Å². The highest BCUT2D eigenvalue weighted by atomic mass is 79.9. The fourth-order valence-corrected chi connectivity index (χ4v) is 3.60. The molecule has 1 fully saturated rings. The summed E-state index contributed by atoms with van der Waals surface area (Å²) in [5.41, 5.74) is 2.23. The molecule has 3 aromatic rings. The van der Waals surface area contributed by atoms with E-state index >= 15 is 0 Å². The first-order valence-electron chi connectivity index (χ1n) is 7.58. The number of methoxy groups -OCH3 is 1. The summed E-state index contributed by atoms with van der Waals surface area (Å²) in [5, 5.41) is 1.04. The number of halogens is 1. The zero-order valence-corrected chi connectivity index (χ0v) is 14.3. The van der Waals surface area contributed by atoms with Crippen molar-refractivity contribution in [3.05, 3.63) is 58.8 Å². The van der Waals surface area contributed by atoms with Crippen LogP contribution in [-0.4, -0.2) is 23.6 Å². The normalized spacial score (nSPS) is 17.1. The van der Waals surface area contributed by atoms with Crippen LogP contribution < -0.4 is 9.64 Å². The van der Waals surface area contributed by atoms with Gasteiger partial charge in [-0.2, -0.15) is 0 Å². The fourth-order valence-electron chi connectivity index (χ4n) is 3.09. The van der Waals surface area contributed by atoms with Crippen molar-refractivity contribution in [2.24, 2.45) is 0 Å². The van der Waals surface area contributed by atoms with E-state index in [-0.39, 0.29) is 0 Å². The lowest BCUT2D eigenvalue weighted by Gasteiger charge is -2.42. The van der Waals surface area contributed by atoms with E-state index in [0.717, 1.165) is 39.9 Å². The summed E-state index contributed by atoms with van der Waals surface area (Å²) in [6.07, 6.45) is 2.78. The number of aromatic nitrogens is 2. The number of nitrogens with zero attached hydrogens (tertiary/aromatic N) is 3. The van der Waals surface area contributed by atoms with Crippen LogP contribution in [0, 0.1) is 0 Å². The van der Waals surface area contributed by atoms with Gasteiger partial charge >= 0.3 is 0 Å². The Balaban J connectivity index is 1.79. The SMILES string of the molecule is COc1cc2ncnc(N3CCC3c3ccccc3)c2cc1Br. The molecule has 0 saturated carbocycles. The molecule has 23 heavy (non-hydrogen) atoms. The van der Waals surface area contributed by atoms with Gasteiger partial charge < -0.3 is 9.64 Å². The number of anilines is 1. The van der Waals surface area contributed by atoms with Crippen LogP contribution in [0.1, 0.15) is 18.0 Å². The molecule has 2 aromatic carbocycles. The predicted molar refractivity (Wildman–Crippen MR) is 94.9 cm³/mol. The van der Waals surface area contributed by atoms with Crippen LogP contribution >= 0.6 is 15.9 Å². The molecule has 1 aliphatic rings. The van der Waals surface area contributed by atoms with E-state index in [0.29, 0.717) is 6.04 Å². The van der Waals surface area contributed by atoms with E-state index in [1.54, 1.807) is 13.4 Å². The summed E-state index contributed by atoms with van der Waals surface area (Å²) in [6, 6.07) is 15.0. The smallest absolute Gasteiger partial charge is 0.140 e. The average molecular weight is 370 g/mol. The van der Waals surface area contributed by atoms with Crippen LogP contribution in [0.25, 0.3) is 10.9 Å². The van der Waals surface area contributed by atoms with Crippen LogP contribution in [-0.2, 0) is 0 Å². The second-order valence-corrected chi connectivity index (χ2v) is 6.46. The van der Waals surface area contributed by atoms with Crippen molar-refractivity contribution in [3.8, 4) is 5.75 Å². The molecular weight excluding hydrogens is 354 g/mol. The molecule has 1 aliphatic heterocycles. The lowest BCUT2D eigenvalue weighted by molar-refractivity contribution is 0.412. The molecule has 0 radical (unpaired) electrons. The fraction of sp³-hybridized carbons (Fsp3) is 0.222. The maximum Gasteiger partial charge on any atom is 0.140 e. The Labute approximate surface area is 143 Å². The third-order valence-corrected chi connectivity index (χ3v) is 4.98. The van der Waals surface area contributed by atoms with Crippen LogP contribution in [0.15, 0.2) is 53.3 Å². The van der Waals surface area contributed by atoms with E-state index in [4.69, 9.17) is 4.74 Å². The number of benzene rings is 2. The zero-order valence-electron chi connectivity index (χ0n) is 12.7. The molecular formula is C18H16BrN3O. The van der Waals surface area contributed by atoms with Crippen molar-refractivity contribution in [3.63, 3.8) is 0 Å². The maximum absolute atomic E-state index is 5.36. The number of rotatable bonds is 3. The third-order valence-electron chi connectivity index (χ3n) is 4.36. The molecule has 2 heterocycles. The molecule has 1 aromatic heterocycles. The summed E-state index contributed by atoms with van der Waals surface area (Å²) in [4.78, 5) is 11.3. The Morgan fingerprint density at radius 3 is 2.70 bits per heavy atom. The minimum Gasteiger partial charge on any atom is -0.495 e. The molecule has 1 unspecified atom stereocenters. The second kappa shape index (κ2) is 5.81. The van der Waals surface area contributed by atoms with E-state index in [1.807, 2.05) is 12.1 Å². The minimum absolute atomic E-state index is 0.384. The lowest BCUT2D eigenvalue weighted by Crippen LogP contribution is -2.41. The van der Waals surface area contributed by atoms with Crippen LogP contribution in [0.2, 0.25) is 0 Å². The summed E-state index contributed by atoms with van der Waals surface area (Å²) < 4.78 is 6.28. The minimum atomic E-state index is 0.384. The van der Waals surface area contributed by atoms with Gasteiger partial charge in [0.2, 0.25) is 0 Å². The van der Waals surface area contributed by atoms with Gasteiger partial charge in [0.15, 0.2) is 0 Å². The Morgan fingerprint density at radius 1 is 1.17 bits per heavy atom. The van der Waals surface area contributed by atoms with Gasteiger partial charge in [-0.05, 0) is 34.0 Å². The average Bonchev–Trinajstić information content (AvgIpc) is 2.55. The molecule has 0 bridgehead atoms. The molecule has 1 atom stereocenters. The van der Waals surface area contributed by atoms with Gasteiger partial charge in [0.05, 0.1) is 23.1 Å². The topological polar surface area (TPSA) is 38.3 Å². The van der Waals surface area contributed by atoms with Crippen molar-refractivity contribution in [1.82, 2.24) is 9.97 Å². The van der Waals surface area contributed by atoms with Crippen LogP contribution in [0.3, 0.4) is 0 Å². The van der Waals surface area contributed by atoms with Gasteiger partial charge in [-0.25, -0.2) is 9.97 Å². The maximum atomic E-state index is 5.36. The van der Waals surface area contributed by atoms with Gasteiger partial charge in [-0.3, -0.25) is 0 Å². The van der Waals surface area contributed by atoms with Gasteiger partial charge in [0, 0.05) is 18.0 Å². The van der Waals surface area contributed by atoms with Crippen molar-refractivity contribution in [2.75, 3.05) is 18.6 Å². The van der Waals surface area contributed by atoms with Gasteiger partial charge in [-0.1, -0.05) is 30.3 Å². The molecule has 0 spiro atoms. The lowest BCUT2D eigenvalue weighted by atomic mass is 9.94. The Bertz CT molecular complexity index is 854. The standard InChI is InChI=1S/C18H16BrN3O/c1-23-17-10-15-13(9-14(17)19)18(21-11-20-15)22-8-7-16(22)12-5-3-2-4-6-12/h2-6,9-11,16H,7-8H2,1H3. The highest BCUT2D eigenvalue weighted by Gasteiger charge is 2.31. The number of hydrogen-bond donors (Lipinski definition) is 0. The third kappa shape index (κ3) is 2.45. The zero-order chi connectivity index (χ0) is 15.8. The number of ether oxygens (including phenoxy) is 1. The molecule has 0 aliphatic carbocycles. The van der Waals surface area contributed by atoms with Crippen molar-refractivity contribution in [2.45, 2.75) is 12.5 Å². The van der Waals surface area contributed by atoms with Gasteiger partial charge in [0.25, 0.3) is 0 Å². The largest absolute Gasteiger partial charge is 0.495 e. The number of hydrogen-bond acceptors (Lipinski definition) is 4. The Hall–Kier alpha value is -2.14. The van der Waals surface area contributed by atoms with Crippen molar-refractivity contribution in [1.29, 1.82) is 0 Å². The van der Waals surface area contributed by atoms with Crippen molar-refractivity contribution >= 4 is 32.7 Å². The van der Waals surface area contributed by atoms with Crippen LogP contribution in [0.4, 0.5) is 5.82 Å². The number of fused-ring (bicyclic) bond motifs is 1. The quantitative estimate of drug-likeness (QED) is 0.687. The highest BCUT2D eigenvalue weighted by molar-refractivity contribution is 9.10. The first kappa shape index (κ1) is 14.5. The monoisotopic (exact) mass is 369 g/mol. The molecule has 0 amide bonds. The molecule has 1 saturated heterocycles. The van der Waals surface area contributed by atoms with E-state index in [9.17, 15) is 0 Å². The molecule has 116 valence electrons. The first-order chi connectivity index (χ1) is 11.3. The highest BCUT2D eigenvalue weighted by Crippen LogP contribution is 2.40. The van der Waals surface area contributed by atoms with Crippen molar-refractivity contribution < 1.29 is 4.74 Å².